The third kappa shape index (κ3) is 2.31. The van der Waals surface area contributed by atoms with Crippen molar-refractivity contribution in [2.75, 3.05) is 6.54 Å². The van der Waals surface area contributed by atoms with Gasteiger partial charge in [-0.25, -0.2) is 0 Å². The predicted molar refractivity (Wildman–Crippen MR) is 80.2 cm³/mol. The molecule has 0 bridgehead atoms. The molecule has 0 amide bonds. The van der Waals surface area contributed by atoms with Gasteiger partial charge in [0.25, 0.3) is 0 Å². The molecule has 0 radical (unpaired) electrons. The molecule has 1 saturated heterocycles. The Morgan fingerprint density at radius 2 is 1.37 bits per heavy atom. The van der Waals surface area contributed by atoms with Crippen molar-refractivity contribution in [1.29, 1.82) is 0 Å². The zero-order valence-corrected chi connectivity index (χ0v) is 11.7. The molecule has 3 rings (SSSR count). The van der Waals surface area contributed by atoms with Crippen LogP contribution in [0.2, 0.25) is 0 Å². The van der Waals surface area contributed by atoms with Gasteiger partial charge in [0, 0.05) is 24.5 Å². The molecule has 1 aliphatic rings. The zero-order chi connectivity index (χ0) is 13.2. The summed E-state index contributed by atoms with van der Waals surface area (Å²) in [5.74, 6) is 0.631. The topological polar surface area (TPSA) is 3.24 Å². The van der Waals surface area contributed by atoms with E-state index in [0.717, 1.165) is 0 Å². The van der Waals surface area contributed by atoms with Crippen molar-refractivity contribution in [3.8, 4) is 0 Å². The van der Waals surface area contributed by atoms with Gasteiger partial charge in [0.15, 0.2) is 0 Å². The van der Waals surface area contributed by atoms with Gasteiger partial charge in [0.05, 0.1) is 0 Å². The first-order chi connectivity index (χ1) is 9.27. The molecule has 2 aromatic carbocycles. The fourth-order valence-corrected chi connectivity index (χ4v) is 3.13. The second kappa shape index (κ2) is 5.18. The maximum atomic E-state index is 2.59. The Hall–Kier alpha value is -1.60. The normalized spacial score (nSPS) is 23.3. The minimum absolute atomic E-state index is 0.531. The van der Waals surface area contributed by atoms with Gasteiger partial charge < -0.3 is 0 Å². The summed E-state index contributed by atoms with van der Waals surface area (Å²) in [6.07, 6.45) is 0. The number of hydrogen-bond donors (Lipinski definition) is 0. The molecule has 0 aromatic heterocycles. The average Bonchev–Trinajstić information content (AvgIpc) is 2.39. The summed E-state index contributed by atoms with van der Waals surface area (Å²) in [4.78, 5) is 2.59. The molecule has 0 aliphatic carbocycles. The van der Waals surface area contributed by atoms with Crippen molar-refractivity contribution in [1.82, 2.24) is 4.90 Å². The molecule has 0 unspecified atom stereocenters. The molecule has 0 spiro atoms. The SMILES string of the molecule is CC(C)N1C[C@H](c2ccccc2)[C@H]1c1ccccc1. The Balaban J connectivity index is 1.91. The van der Waals surface area contributed by atoms with Gasteiger partial charge in [-0.2, -0.15) is 0 Å². The van der Waals surface area contributed by atoms with Gasteiger partial charge in [-0.3, -0.25) is 4.90 Å². The van der Waals surface area contributed by atoms with E-state index in [1.165, 1.54) is 17.7 Å². The van der Waals surface area contributed by atoms with Crippen molar-refractivity contribution in [2.24, 2.45) is 0 Å². The van der Waals surface area contributed by atoms with Gasteiger partial charge in [-0.15, -0.1) is 0 Å². The molecular weight excluding hydrogens is 230 g/mol. The molecule has 19 heavy (non-hydrogen) atoms. The lowest BCUT2D eigenvalue weighted by Gasteiger charge is -2.51. The van der Waals surface area contributed by atoms with E-state index in [1.807, 2.05) is 0 Å². The first-order valence-corrected chi connectivity index (χ1v) is 7.13. The van der Waals surface area contributed by atoms with E-state index in [4.69, 9.17) is 0 Å². The maximum Gasteiger partial charge on any atom is 0.0431 e. The van der Waals surface area contributed by atoms with E-state index in [-0.39, 0.29) is 0 Å². The number of nitrogens with zero attached hydrogens (tertiary/aromatic N) is 1. The average molecular weight is 251 g/mol. The van der Waals surface area contributed by atoms with Crippen molar-refractivity contribution >= 4 is 0 Å². The number of rotatable bonds is 3. The Labute approximate surface area is 115 Å². The van der Waals surface area contributed by atoms with E-state index < -0.39 is 0 Å². The first-order valence-electron chi connectivity index (χ1n) is 7.13. The molecule has 2 aromatic rings. The van der Waals surface area contributed by atoms with Gasteiger partial charge in [-0.05, 0) is 25.0 Å². The molecule has 1 aliphatic heterocycles. The summed E-state index contributed by atoms with van der Waals surface area (Å²) >= 11 is 0. The molecule has 0 N–H and O–H groups in total. The Bertz CT molecular complexity index is 518. The van der Waals surface area contributed by atoms with Crippen LogP contribution in [0.1, 0.15) is 36.9 Å². The number of likely N-dealkylation sites (tertiary alicyclic amines) is 1. The lowest BCUT2D eigenvalue weighted by atomic mass is 9.78. The second-order valence-corrected chi connectivity index (χ2v) is 5.66. The third-order valence-electron chi connectivity index (χ3n) is 4.18. The highest BCUT2D eigenvalue weighted by Crippen LogP contribution is 2.46. The lowest BCUT2D eigenvalue weighted by molar-refractivity contribution is 0.0273. The van der Waals surface area contributed by atoms with Crippen LogP contribution in [-0.2, 0) is 0 Å². The van der Waals surface area contributed by atoms with Gasteiger partial charge in [0.1, 0.15) is 0 Å². The number of benzene rings is 2. The van der Waals surface area contributed by atoms with Crippen LogP contribution >= 0.6 is 0 Å². The van der Waals surface area contributed by atoms with E-state index in [2.05, 4.69) is 79.4 Å². The maximum absolute atomic E-state index is 2.59. The zero-order valence-electron chi connectivity index (χ0n) is 11.7. The van der Waals surface area contributed by atoms with Crippen molar-refractivity contribution in [2.45, 2.75) is 31.8 Å². The predicted octanol–water partition coefficient (Wildman–Crippen LogP) is 4.24. The number of hydrogen-bond acceptors (Lipinski definition) is 1. The Morgan fingerprint density at radius 1 is 0.842 bits per heavy atom. The van der Waals surface area contributed by atoms with Crippen LogP contribution in [0.25, 0.3) is 0 Å². The van der Waals surface area contributed by atoms with Crippen LogP contribution < -0.4 is 0 Å². The molecule has 1 heterocycles. The highest BCUT2D eigenvalue weighted by molar-refractivity contribution is 5.32. The summed E-state index contributed by atoms with van der Waals surface area (Å²) in [6, 6.07) is 23.0. The fraction of sp³-hybridized carbons (Fsp3) is 0.333. The largest absolute Gasteiger partial charge is 0.293 e. The molecule has 1 fully saturated rings. The molecule has 1 nitrogen and oxygen atoms in total. The van der Waals surface area contributed by atoms with Crippen LogP contribution in [0, 0.1) is 0 Å². The van der Waals surface area contributed by atoms with Crippen molar-refractivity contribution < 1.29 is 0 Å². The van der Waals surface area contributed by atoms with Crippen LogP contribution in [0.15, 0.2) is 60.7 Å². The summed E-state index contributed by atoms with van der Waals surface area (Å²) in [5, 5.41) is 0. The van der Waals surface area contributed by atoms with E-state index in [1.54, 1.807) is 0 Å². The summed E-state index contributed by atoms with van der Waals surface area (Å²) in [5.41, 5.74) is 2.91. The lowest BCUT2D eigenvalue weighted by Crippen LogP contribution is -2.51. The Kier molecular flexibility index (Phi) is 3.39. The van der Waals surface area contributed by atoms with E-state index in [9.17, 15) is 0 Å². The van der Waals surface area contributed by atoms with E-state index in [0.29, 0.717) is 18.0 Å². The minimum Gasteiger partial charge on any atom is -0.293 e. The van der Waals surface area contributed by atoms with Crippen molar-refractivity contribution in [3.63, 3.8) is 0 Å². The monoisotopic (exact) mass is 251 g/mol. The van der Waals surface area contributed by atoms with Crippen molar-refractivity contribution in [3.05, 3.63) is 71.8 Å². The van der Waals surface area contributed by atoms with Crippen LogP contribution in [0.4, 0.5) is 0 Å². The quantitative estimate of drug-likeness (QED) is 0.789. The van der Waals surface area contributed by atoms with Crippen LogP contribution in [-0.4, -0.2) is 17.5 Å². The molecule has 2 atom stereocenters. The molecule has 0 saturated carbocycles. The fourth-order valence-electron chi connectivity index (χ4n) is 3.13. The standard InChI is InChI=1S/C18H21N/c1-14(2)19-13-17(15-9-5-3-6-10-15)18(19)16-11-7-4-8-12-16/h3-12,14,17-18H,13H2,1-2H3/t17-,18-/m1/s1. The minimum atomic E-state index is 0.531. The summed E-state index contributed by atoms with van der Waals surface area (Å²) < 4.78 is 0. The smallest absolute Gasteiger partial charge is 0.0431 e. The van der Waals surface area contributed by atoms with Gasteiger partial charge in [0.2, 0.25) is 0 Å². The van der Waals surface area contributed by atoms with Crippen LogP contribution in [0.3, 0.4) is 0 Å². The highest BCUT2D eigenvalue weighted by Gasteiger charge is 2.41. The highest BCUT2D eigenvalue weighted by atomic mass is 15.2. The molecule has 98 valence electrons. The van der Waals surface area contributed by atoms with Gasteiger partial charge in [-0.1, -0.05) is 60.7 Å². The third-order valence-corrected chi connectivity index (χ3v) is 4.18. The first kappa shape index (κ1) is 12.4. The van der Waals surface area contributed by atoms with E-state index >= 15 is 0 Å². The summed E-state index contributed by atoms with van der Waals surface area (Å²) in [7, 11) is 0. The summed E-state index contributed by atoms with van der Waals surface area (Å²) in [6.45, 7) is 5.75. The van der Waals surface area contributed by atoms with Gasteiger partial charge >= 0.3 is 0 Å². The molecular formula is C18H21N. The Morgan fingerprint density at radius 3 is 1.89 bits per heavy atom. The molecule has 1 heteroatoms. The van der Waals surface area contributed by atoms with Crippen LogP contribution in [0.5, 0.6) is 0 Å². The second-order valence-electron chi connectivity index (χ2n) is 5.66.